The summed E-state index contributed by atoms with van der Waals surface area (Å²) in [5.74, 6) is 0. The molecule has 0 aliphatic heterocycles. The maximum atomic E-state index is 2.38. The highest BCUT2D eigenvalue weighted by Gasteiger charge is 2.17. The minimum Gasteiger partial charge on any atom is -0.309 e. The molecule has 210 valence electrons. The lowest BCUT2D eigenvalue weighted by atomic mass is 9.95. The van der Waals surface area contributed by atoms with Gasteiger partial charge in [0, 0.05) is 56.8 Å². The summed E-state index contributed by atoms with van der Waals surface area (Å²) < 4.78 is 7.82. The second kappa shape index (κ2) is 9.64. The van der Waals surface area contributed by atoms with Gasteiger partial charge >= 0.3 is 0 Å². The van der Waals surface area contributed by atoms with Crippen LogP contribution in [0.2, 0.25) is 0 Å². The summed E-state index contributed by atoms with van der Waals surface area (Å²) in [4.78, 5) is 0. The normalized spacial score (nSPS) is 12.0. The van der Waals surface area contributed by atoms with E-state index < -0.39 is 0 Å². The molecule has 0 spiro atoms. The number of hydrogen-bond acceptors (Lipinski definition) is 2. The number of benzene rings is 7. The van der Waals surface area contributed by atoms with Crippen LogP contribution < -0.4 is 0 Å². The minimum atomic E-state index is 1.18. The van der Waals surface area contributed by atoms with E-state index in [0.717, 1.165) is 0 Å². The second-order valence-electron chi connectivity index (χ2n) is 11.7. The summed E-state index contributed by atoms with van der Waals surface area (Å²) in [7, 11) is 0. The number of nitrogens with zero attached hydrogens (tertiary/aromatic N) is 1. The first-order valence-electron chi connectivity index (χ1n) is 15.3. The maximum Gasteiger partial charge on any atom is 0.0541 e. The van der Waals surface area contributed by atoms with Crippen molar-refractivity contribution in [3.8, 4) is 27.9 Å². The van der Waals surface area contributed by atoms with Crippen LogP contribution in [0.1, 0.15) is 0 Å². The van der Waals surface area contributed by atoms with E-state index in [1.165, 1.54) is 90.1 Å². The molecule has 10 rings (SSSR count). The van der Waals surface area contributed by atoms with Gasteiger partial charge in [-0.15, -0.1) is 22.7 Å². The molecule has 10 aromatic rings. The van der Waals surface area contributed by atoms with E-state index in [1.54, 1.807) is 0 Å². The lowest BCUT2D eigenvalue weighted by Gasteiger charge is -2.11. The van der Waals surface area contributed by atoms with Gasteiger partial charge in [-0.3, -0.25) is 0 Å². The fourth-order valence-corrected chi connectivity index (χ4v) is 9.66. The third kappa shape index (κ3) is 3.72. The van der Waals surface area contributed by atoms with Crippen molar-refractivity contribution in [2.45, 2.75) is 0 Å². The summed E-state index contributed by atoms with van der Waals surface area (Å²) in [5.41, 5.74) is 8.64. The van der Waals surface area contributed by atoms with E-state index in [0.29, 0.717) is 0 Å². The van der Waals surface area contributed by atoms with Crippen molar-refractivity contribution in [2.75, 3.05) is 0 Å². The number of hydrogen-bond donors (Lipinski definition) is 0. The topological polar surface area (TPSA) is 4.93 Å². The average Bonchev–Trinajstić information content (AvgIpc) is 3.78. The van der Waals surface area contributed by atoms with Gasteiger partial charge in [0.2, 0.25) is 0 Å². The van der Waals surface area contributed by atoms with Crippen molar-refractivity contribution >= 4 is 84.8 Å². The third-order valence-corrected chi connectivity index (χ3v) is 11.5. The molecule has 0 unspecified atom stereocenters. The van der Waals surface area contributed by atoms with Crippen molar-refractivity contribution in [2.24, 2.45) is 0 Å². The monoisotopic (exact) mass is 607 g/mol. The molecule has 3 aromatic heterocycles. The van der Waals surface area contributed by atoms with Crippen LogP contribution in [0, 0.1) is 0 Å². The third-order valence-electron chi connectivity index (χ3n) is 9.22. The second-order valence-corrected chi connectivity index (χ2v) is 13.8. The molecule has 0 saturated carbocycles. The molecule has 3 heteroatoms. The maximum absolute atomic E-state index is 2.38. The molecule has 0 radical (unpaired) electrons. The van der Waals surface area contributed by atoms with E-state index in [9.17, 15) is 0 Å². The van der Waals surface area contributed by atoms with Gasteiger partial charge in [-0.2, -0.15) is 0 Å². The van der Waals surface area contributed by atoms with Crippen LogP contribution in [0.25, 0.3) is 90.1 Å². The zero-order valence-electron chi connectivity index (χ0n) is 24.2. The van der Waals surface area contributed by atoms with Crippen molar-refractivity contribution in [1.82, 2.24) is 4.57 Å². The number of aromatic nitrogens is 1. The molecule has 0 amide bonds. The Hall–Kier alpha value is -5.22. The molecule has 0 bridgehead atoms. The summed E-state index contributed by atoms with van der Waals surface area (Å²) in [6.45, 7) is 0. The first-order valence-corrected chi connectivity index (χ1v) is 16.9. The molecule has 1 nitrogen and oxygen atoms in total. The zero-order valence-corrected chi connectivity index (χ0v) is 25.8. The van der Waals surface area contributed by atoms with Crippen LogP contribution in [-0.2, 0) is 0 Å². The largest absolute Gasteiger partial charge is 0.309 e. The highest BCUT2D eigenvalue weighted by molar-refractivity contribution is 7.29. The van der Waals surface area contributed by atoms with Crippen molar-refractivity contribution in [1.29, 1.82) is 0 Å². The van der Waals surface area contributed by atoms with Gasteiger partial charge in [-0.1, -0.05) is 103 Å². The van der Waals surface area contributed by atoms with Crippen LogP contribution in [0.4, 0.5) is 0 Å². The van der Waals surface area contributed by atoms with Crippen LogP contribution >= 0.6 is 22.7 Å². The van der Waals surface area contributed by atoms with E-state index >= 15 is 0 Å². The molecule has 0 aliphatic carbocycles. The number of fused-ring (bicyclic) bond motifs is 10. The molecule has 45 heavy (non-hydrogen) atoms. The molecule has 0 N–H and O–H groups in total. The molecular formula is C42H25NS2. The quantitative estimate of drug-likeness (QED) is 0.188. The van der Waals surface area contributed by atoms with Crippen molar-refractivity contribution in [3.05, 3.63) is 152 Å². The Bertz CT molecular complexity index is 2700. The minimum absolute atomic E-state index is 1.18. The molecule has 0 saturated heterocycles. The SMILES string of the molecule is c1cc(-c2ccc(-n3c4ccccc4c4ccccc43)cc2)cc(-c2cccc3sc4ccc5c6ccccc6sc5c4c23)c1. The van der Waals surface area contributed by atoms with Gasteiger partial charge in [0.25, 0.3) is 0 Å². The lowest BCUT2D eigenvalue weighted by molar-refractivity contribution is 1.18. The smallest absolute Gasteiger partial charge is 0.0541 e. The molecule has 0 aliphatic rings. The summed E-state index contributed by atoms with van der Waals surface area (Å²) in [6.07, 6.45) is 0. The summed E-state index contributed by atoms with van der Waals surface area (Å²) >= 11 is 3.82. The highest BCUT2D eigenvalue weighted by atomic mass is 32.1. The van der Waals surface area contributed by atoms with Gasteiger partial charge in [0.1, 0.15) is 0 Å². The Morgan fingerprint density at radius 1 is 0.378 bits per heavy atom. The van der Waals surface area contributed by atoms with Gasteiger partial charge in [0.15, 0.2) is 0 Å². The Kier molecular flexibility index (Phi) is 5.39. The Labute approximate surface area is 267 Å². The number of rotatable bonds is 3. The van der Waals surface area contributed by atoms with Gasteiger partial charge in [-0.25, -0.2) is 0 Å². The fourth-order valence-electron chi connectivity index (χ4n) is 7.20. The van der Waals surface area contributed by atoms with Gasteiger partial charge < -0.3 is 4.57 Å². The van der Waals surface area contributed by atoms with E-state index in [4.69, 9.17) is 0 Å². The average molecular weight is 608 g/mol. The van der Waals surface area contributed by atoms with Crippen molar-refractivity contribution < 1.29 is 0 Å². The number of thiophene rings is 2. The molecule has 7 aromatic carbocycles. The van der Waals surface area contributed by atoms with E-state index in [-0.39, 0.29) is 0 Å². The molecule has 3 heterocycles. The van der Waals surface area contributed by atoms with Crippen LogP contribution in [0.5, 0.6) is 0 Å². The van der Waals surface area contributed by atoms with Gasteiger partial charge in [0.05, 0.1) is 11.0 Å². The van der Waals surface area contributed by atoms with Crippen LogP contribution in [-0.4, -0.2) is 4.57 Å². The Morgan fingerprint density at radius 2 is 1.02 bits per heavy atom. The molecule has 0 fully saturated rings. The number of para-hydroxylation sites is 2. The Balaban J connectivity index is 1.11. The molecule has 0 atom stereocenters. The first-order chi connectivity index (χ1) is 22.3. The van der Waals surface area contributed by atoms with Crippen molar-refractivity contribution in [3.63, 3.8) is 0 Å². The van der Waals surface area contributed by atoms with Crippen LogP contribution in [0.15, 0.2) is 152 Å². The molecular weight excluding hydrogens is 583 g/mol. The predicted octanol–water partition coefficient (Wildman–Crippen LogP) is 12.9. The van der Waals surface area contributed by atoms with Crippen LogP contribution in [0.3, 0.4) is 0 Å². The highest BCUT2D eigenvalue weighted by Crippen LogP contribution is 2.47. The first kappa shape index (κ1) is 25.1. The summed E-state index contributed by atoms with van der Waals surface area (Å²) in [5, 5.41) is 8.04. The predicted molar refractivity (Wildman–Crippen MR) is 197 cm³/mol. The zero-order chi connectivity index (χ0) is 29.5. The van der Waals surface area contributed by atoms with Gasteiger partial charge in [-0.05, 0) is 70.8 Å². The fraction of sp³-hybridized carbons (Fsp3) is 0. The lowest BCUT2D eigenvalue weighted by Crippen LogP contribution is -1.93. The van der Waals surface area contributed by atoms with E-state index in [1.807, 2.05) is 22.7 Å². The standard InChI is InChI=1S/C42H25NS2/c1-4-15-35-31(11-1)32-12-2-5-16-36(32)43(35)29-21-19-26(20-22-29)27-9-7-10-28(25-27)30-14-8-18-38-40(30)41-39(44-38)24-23-34-33-13-3-6-17-37(33)45-42(34)41/h1-25H. The van der Waals surface area contributed by atoms with E-state index in [2.05, 4.69) is 156 Å². The summed E-state index contributed by atoms with van der Waals surface area (Å²) in [6, 6.07) is 55.7. The Morgan fingerprint density at radius 3 is 1.82 bits per heavy atom.